The van der Waals surface area contributed by atoms with E-state index < -0.39 is 10.1 Å². The summed E-state index contributed by atoms with van der Waals surface area (Å²) in [7, 11) is -2.90. The van der Waals surface area contributed by atoms with Crippen LogP contribution in [0, 0.1) is 0 Å². The molecular formula is C21H15BrO4S. The van der Waals surface area contributed by atoms with Crippen molar-refractivity contribution >= 4 is 47.6 Å². The van der Waals surface area contributed by atoms with Gasteiger partial charge in [-0.15, -0.1) is 0 Å². The van der Waals surface area contributed by atoms with Crippen LogP contribution in [0.2, 0.25) is 0 Å². The first-order valence-corrected chi connectivity index (χ1v) is 10.4. The van der Waals surface area contributed by atoms with Gasteiger partial charge >= 0.3 is 0 Å². The first kappa shape index (κ1) is 18.0. The molecular weight excluding hydrogens is 428 g/mol. The molecule has 0 heterocycles. The molecule has 136 valence electrons. The maximum atomic E-state index is 12.2. The first-order valence-electron chi connectivity index (χ1n) is 8.16. The Morgan fingerprint density at radius 3 is 2.30 bits per heavy atom. The lowest BCUT2D eigenvalue weighted by atomic mass is 9.93. The lowest BCUT2D eigenvalue weighted by Crippen LogP contribution is -2.03. The fraction of sp³-hybridized carbons (Fsp3) is 0.0476. The zero-order chi connectivity index (χ0) is 19.2. The molecule has 0 atom stereocenters. The molecule has 4 aromatic carbocycles. The average molecular weight is 443 g/mol. The van der Waals surface area contributed by atoms with E-state index in [2.05, 4.69) is 15.9 Å². The molecule has 0 fully saturated rings. The molecule has 0 saturated carbocycles. The molecule has 4 rings (SSSR count). The molecule has 4 aromatic rings. The number of fused-ring (bicyclic) bond motifs is 2. The summed E-state index contributed by atoms with van der Waals surface area (Å²) >= 11 is 3.47. The molecule has 0 aliphatic carbocycles. The third kappa shape index (κ3) is 3.10. The minimum atomic E-state index is -4.44. The molecule has 0 aromatic heterocycles. The van der Waals surface area contributed by atoms with Crippen LogP contribution < -0.4 is 4.74 Å². The molecule has 0 saturated heterocycles. The van der Waals surface area contributed by atoms with Crippen LogP contribution in [0.5, 0.6) is 5.75 Å². The summed E-state index contributed by atoms with van der Waals surface area (Å²) in [6, 6.07) is 20.1. The van der Waals surface area contributed by atoms with E-state index in [-0.39, 0.29) is 4.90 Å². The van der Waals surface area contributed by atoms with E-state index in [1.807, 2.05) is 48.5 Å². The third-order valence-corrected chi connectivity index (χ3v) is 5.97. The Morgan fingerprint density at radius 1 is 0.852 bits per heavy atom. The smallest absolute Gasteiger partial charge is 0.295 e. The van der Waals surface area contributed by atoms with E-state index in [9.17, 15) is 13.0 Å². The first-order chi connectivity index (χ1) is 12.9. The summed E-state index contributed by atoms with van der Waals surface area (Å²) in [5, 5.41) is 3.35. The second kappa shape index (κ2) is 6.64. The summed E-state index contributed by atoms with van der Waals surface area (Å²) in [5.41, 5.74) is 1.06. The highest BCUT2D eigenvalue weighted by Gasteiger charge is 2.23. The largest absolute Gasteiger partial charge is 0.496 e. The Morgan fingerprint density at radius 2 is 1.56 bits per heavy atom. The van der Waals surface area contributed by atoms with Gasteiger partial charge in [0.1, 0.15) is 10.6 Å². The van der Waals surface area contributed by atoms with E-state index in [1.54, 1.807) is 19.2 Å². The molecule has 0 unspecified atom stereocenters. The maximum Gasteiger partial charge on any atom is 0.295 e. The van der Waals surface area contributed by atoms with Crippen molar-refractivity contribution in [2.24, 2.45) is 0 Å². The summed E-state index contributed by atoms with van der Waals surface area (Å²) in [6.45, 7) is 0. The number of benzene rings is 4. The van der Waals surface area contributed by atoms with E-state index in [4.69, 9.17) is 4.74 Å². The van der Waals surface area contributed by atoms with Crippen molar-refractivity contribution in [1.29, 1.82) is 0 Å². The van der Waals surface area contributed by atoms with Crippen LogP contribution in [-0.2, 0) is 10.1 Å². The standard InChI is InChI=1S/C21H15BrO4S/c1-26-18-10-6-14-12-15(22)8-9-17(14)20(18)21-16-5-3-2-4-13(16)7-11-19(21)27(23,24)25/h2-12H,1H3,(H,23,24,25). The molecule has 0 radical (unpaired) electrons. The average Bonchev–Trinajstić information content (AvgIpc) is 2.65. The lowest BCUT2D eigenvalue weighted by Gasteiger charge is -2.17. The second-order valence-electron chi connectivity index (χ2n) is 6.14. The Labute approximate surface area is 165 Å². The van der Waals surface area contributed by atoms with Crippen molar-refractivity contribution in [3.63, 3.8) is 0 Å². The van der Waals surface area contributed by atoms with Crippen molar-refractivity contribution < 1.29 is 17.7 Å². The van der Waals surface area contributed by atoms with Crippen molar-refractivity contribution in [1.82, 2.24) is 0 Å². The molecule has 6 heteroatoms. The molecule has 0 aliphatic rings. The van der Waals surface area contributed by atoms with Crippen molar-refractivity contribution in [2.75, 3.05) is 7.11 Å². The van der Waals surface area contributed by atoms with Gasteiger partial charge in [-0.1, -0.05) is 58.4 Å². The molecule has 0 spiro atoms. The van der Waals surface area contributed by atoms with Gasteiger partial charge in [0.05, 0.1) is 7.11 Å². The minimum absolute atomic E-state index is 0.144. The van der Waals surface area contributed by atoms with E-state index in [0.717, 1.165) is 26.0 Å². The van der Waals surface area contributed by atoms with Gasteiger partial charge < -0.3 is 4.74 Å². The van der Waals surface area contributed by atoms with Crippen molar-refractivity contribution in [3.8, 4) is 16.9 Å². The molecule has 27 heavy (non-hydrogen) atoms. The van der Waals surface area contributed by atoms with E-state index >= 15 is 0 Å². The van der Waals surface area contributed by atoms with E-state index in [1.165, 1.54) is 6.07 Å². The van der Waals surface area contributed by atoms with Gasteiger partial charge in [0.2, 0.25) is 0 Å². The molecule has 0 bridgehead atoms. The number of methoxy groups -OCH3 is 1. The number of ether oxygens (including phenoxy) is 1. The Kier molecular flexibility index (Phi) is 4.42. The van der Waals surface area contributed by atoms with Gasteiger partial charge in [0.15, 0.2) is 0 Å². The zero-order valence-corrected chi connectivity index (χ0v) is 16.7. The highest BCUT2D eigenvalue weighted by molar-refractivity contribution is 9.10. The van der Waals surface area contributed by atoms with Gasteiger partial charge in [-0.25, -0.2) is 0 Å². The summed E-state index contributed by atoms with van der Waals surface area (Å²) < 4.78 is 40.7. The van der Waals surface area contributed by atoms with Crippen LogP contribution in [0.1, 0.15) is 0 Å². The summed E-state index contributed by atoms with van der Waals surface area (Å²) in [5.74, 6) is 0.533. The third-order valence-electron chi connectivity index (χ3n) is 4.58. The van der Waals surface area contributed by atoms with Crippen LogP contribution in [0.25, 0.3) is 32.7 Å². The SMILES string of the molecule is COc1ccc2cc(Br)ccc2c1-c1c(S(=O)(=O)O)ccc2ccccc12. The lowest BCUT2D eigenvalue weighted by molar-refractivity contribution is 0.417. The molecule has 0 amide bonds. The Balaban J connectivity index is 2.26. The van der Waals surface area contributed by atoms with Crippen molar-refractivity contribution in [3.05, 3.63) is 71.2 Å². The fourth-order valence-electron chi connectivity index (χ4n) is 3.43. The Bertz CT molecular complexity index is 1300. The van der Waals surface area contributed by atoms with Crippen LogP contribution >= 0.6 is 15.9 Å². The molecule has 4 nitrogen and oxygen atoms in total. The monoisotopic (exact) mass is 442 g/mol. The quantitative estimate of drug-likeness (QED) is 0.414. The van der Waals surface area contributed by atoms with Gasteiger partial charge in [0, 0.05) is 15.6 Å². The molecule has 1 N–H and O–H groups in total. The molecule has 0 aliphatic heterocycles. The number of halogens is 1. The number of hydrogen-bond acceptors (Lipinski definition) is 3. The van der Waals surface area contributed by atoms with Crippen LogP contribution in [0.4, 0.5) is 0 Å². The minimum Gasteiger partial charge on any atom is -0.496 e. The fourth-order valence-corrected chi connectivity index (χ4v) is 4.52. The number of rotatable bonds is 3. The maximum absolute atomic E-state index is 12.2. The normalized spacial score (nSPS) is 11.8. The highest BCUT2D eigenvalue weighted by atomic mass is 79.9. The van der Waals surface area contributed by atoms with Crippen LogP contribution in [0.15, 0.2) is 76.1 Å². The zero-order valence-electron chi connectivity index (χ0n) is 14.3. The predicted molar refractivity (Wildman–Crippen MR) is 111 cm³/mol. The second-order valence-corrected chi connectivity index (χ2v) is 8.45. The summed E-state index contributed by atoms with van der Waals surface area (Å²) in [4.78, 5) is -0.144. The van der Waals surface area contributed by atoms with Gasteiger partial charge in [-0.05, 0) is 45.8 Å². The Hall–Kier alpha value is -2.41. The van der Waals surface area contributed by atoms with E-state index in [0.29, 0.717) is 16.9 Å². The highest BCUT2D eigenvalue weighted by Crippen LogP contribution is 2.44. The number of hydrogen-bond donors (Lipinski definition) is 1. The van der Waals surface area contributed by atoms with Crippen LogP contribution in [-0.4, -0.2) is 20.1 Å². The predicted octanol–water partition coefficient (Wildman–Crippen LogP) is 5.68. The van der Waals surface area contributed by atoms with Crippen molar-refractivity contribution in [2.45, 2.75) is 4.90 Å². The summed E-state index contributed by atoms with van der Waals surface area (Å²) in [6.07, 6.45) is 0. The van der Waals surface area contributed by atoms with Gasteiger partial charge in [-0.2, -0.15) is 8.42 Å². The van der Waals surface area contributed by atoms with Gasteiger partial charge in [-0.3, -0.25) is 4.55 Å². The topological polar surface area (TPSA) is 63.6 Å². The van der Waals surface area contributed by atoms with Crippen LogP contribution in [0.3, 0.4) is 0 Å². The van der Waals surface area contributed by atoms with Gasteiger partial charge in [0.25, 0.3) is 10.1 Å².